The Labute approximate surface area is 178 Å². The van der Waals surface area contributed by atoms with E-state index in [9.17, 15) is 0 Å². The molecule has 0 saturated carbocycles. The summed E-state index contributed by atoms with van der Waals surface area (Å²) in [6.07, 6.45) is 3.39. The molecule has 29 heavy (non-hydrogen) atoms. The number of hydrogen-bond donors (Lipinski definition) is 0. The number of pyridine rings is 2. The van der Waals surface area contributed by atoms with Crippen LogP contribution in [0.2, 0.25) is 0 Å². The summed E-state index contributed by atoms with van der Waals surface area (Å²) < 4.78 is 57.0. The summed E-state index contributed by atoms with van der Waals surface area (Å²) in [5, 5.41) is 1.07. The van der Waals surface area contributed by atoms with Gasteiger partial charge in [0.25, 0.3) is 0 Å². The van der Waals surface area contributed by atoms with Crippen molar-refractivity contribution >= 4 is 22.1 Å². The fourth-order valence-corrected chi connectivity index (χ4v) is 3.98. The summed E-state index contributed by atoms with van der Waals surface area (Å²) >= 11 is 0. The van der Waals surface area contributed by atoms with Crippen LogP contribution in [0.15, 0.2) is 71.4 Å². The Balaban J connectivity index is 1.89. The predicted molar refractivity (Wildman–Crippen MR) is 118 cm³/mol. The molecule has 3 heteroatoms. The zero-order chi connectivity index (χ0) is 25.1. The van der Waals surface area contributed by atoms with Crippen LogP contribution in [0.5, 0.6) is 0 Å². The zero-order valence-electron chi connectivity index (χ0n) is 22.2. The zero-order valence-corrected chi connectivity index (χ0v) is 16.2. The summed E-state index contributed by atoms with van der Waals surface area (Å²) in [6.45, 7) is -2.92. The number of fused-ring (bicyclic) bond motifs is 3. The number of aromatic nitrogens is 2. The van der Waals surface area contributed by atoms with Gasteiger partial charge in [0.05, 0.1) is 5.56 Å². The first kappa shape index (κ1) is 12.2. The van der Waals surface area contributed by atoms with Crippen molar-refractivity contribution in [3.05, 3.63) is 83.7 Å². The minimum Gasteiger partial charge on any atom is -0.437 e. The van der Waals surface area contributed by atoms with Gasteiger partial charge in [0, 0.05) is 36.8 Å². The Bertz CT molecular complexity index is 1580. The van der Waals surface area contributed by atoms with E-state index in [-0.39, 0.29) is 11.1 Å². The minimum absolute atomic E-state index is 0.181. The van der Waals surface area contributed by atoms with Crippen LogP contribution in [0, 0.1) is 20.6 Å². The Hall–Kier alpha value is -3.46. The summed E-state index contributed by atoms with van der Waals surface area (Å²) in [7, 11) is 1.84. The van der Waals surface area contributed by atoms with Gasteiger partial charge in [-0.3, -0.25) is 0 Å². The van der Waals surface area contributed by atoms with Crippen molar-refractivity contribution in [2.24, 2.45) is 7.05 Å². The fraction of sp³-hybridized carbons (Fsp3) is 0.154. The maximum absolute atomic E-state index is 8.23. The summed E-state index contributed by atoms with van der Waals surface area (Å²) in [6, 6.07) is 16.2. The molecule has 2 aromatic carbocycles. The average molecular weight is 386 g/mol. The highest BCUT2D eigenvalue weighted by Gasteiger charge is 2.23. The fourth-order valence-electron chi connectivity index (χ4n) is 3.98. The van der Waals surface area contributed by atoms with Crippen molar-refractivity contribution in [2.75, 3.05) is 0 Å². The first-order valence-corrected chi connectivity index (χ1v) is 9.38. The van der Waals surface area contributed by atoms with E-state index < -0.39 is 13.7 Å². The number of hydrogen-bond acceptors (Lipinski definition) is 2. The lowest BCUT2D eigenvalue weighted by atomic mass is 9.95. The predicted octanol–water partition coefficient (Wildman–Crippen LogP) is 6.06. The lowest BCUT2D eigenvalue weighted by Crippen LogP contribution is -2.31. The smallest absolute Gasteiger partial charge is 0.227 e. The molecule has 0 amide bonds. The summed E-state index contributed by atoms with van der Waals surface area (Å²) in [5.74, 6) is 0. The molecule has 3 nitrogen and oxygen atoms in total. The molecule has 0 aliphatic rings. The first-order chi connectivity index (χ1) is 16.5. The number of nitrogens with zero attached hydrogens (tertiary/aromatic N) is 2. The van der Waals surface area contributed by atoms with Crippen LogP contribution < -0.4 is 4.57 Å². The van der Waals surface area contributed by atoms with Crippen LogP contribution in [0.25, 0.3) is 44.5 Å². The molecular weight excluding hydrogens is 356 g/mol. The second-order valence-corrected chi connectivity index (χ2v) is 7.24. The van der Waals surface area contributed by atoms with Crippen molar-refractivity contribution < 1.29 is 17.2 Å². The molecule has 0 aliphatic heterocycles. The number of aryl methyl sites for hydroxylation is 4. The lowest BCUT2D eigenvalue weighted by Gasteiger charge is -2.11. The molecule has 5 rings (SSSR count). The molecule has 0 unspecified atom stereocenters. The van der Waals surface area contributed by atoms with E-state index in [1.807, 2.05) is 48.9 Å². The van der Waals surface area contributed by atoms with Gasteiger partial charge in [0.2, 0.25) is 11.4 Å². The normalized spacial score (nSPS) is 15.4. The SMILES string of the molecule is [2H]C([2H])([2H])c1cc(-c2c(C)cc(C([2H])([2H])[2H])c3c2oc2ncccc23)[n+](C)cc1-c1ccccc1. The number of furan rings is 1. The molecular formula is C26H23N2O+. The molecule has 0 bridgehead atoms. The molecule has 0 fully saturated rings. The van der Waals surface area contributed by atoms with Crippen LogP contribution in [0.4, 0.5) is 0 Å². The number of rotatable bonds is 2. The van der Waals surface area contributed by atoms with Gasteiger partial charge in [-0.05, 0) is 55.0 Å². The standard InChI is InChI=1S/C26H23N2O/c1-16-14-22(28(4)15-21(16)19-9-6-5-7-10-19)24-18(3)13-17(2)23-20-11-8-12-27-26(20)29-25(23)24/h5-15H,1-4H3/q+1/i1D3,2D3. The van der Waals surface area contributed by atoms with Crippen LogP contribution in [-0.2, 0) is 7.05 Å². The third-order valence-corrected chi connectivity index (χ3v) is 5.33. The van der Waals surface area contributed by atoms with Crippen LogP contribution in [-0.4, -0.2) is 4.98 Å². The third-order valence-electron chi connectivity index (χ3n) is 5.33. The monoisotopic (exact) mass is 385 g/mol. The first-order valence-electron chi connectivity index (χ1n) is 12.4. The van der Waals surface area contributed by atoms with E-state index in [0.717, 1.165) is 5.56 Å². The van der Waals surface area contributed by atoms with Crippen molar-refractivity contribution in [2.45, 2.75) is 20.6 Å². The van der Waals surface area contributed by atoms with E-state index in [1.165, 1.54) is 0 Å². The highest BCUT2D eigenvalue weighted by Crippen LogP contribution is 2.39. The molecule has 3 heterocycles. The maximum atomic E-state index is 8.23. The molecule has 0 aliphatic carbocycles. The van der Waals surface area contributed by atoms with Gasteiger partial charge in [-0.2, -0.15) is 0 Å². The Morgan fingerprint density at radius 2 is 1.79 bits per heavy atom. The highest BCUT2D eigenvalue weighted by atomic mass is 16.3. The van der Waals surface area contributed by atoms with E-state index in [1.54, 1.807) is 36.7 Å². The highest BCUT2D eigenvalue weighted by molar-refractivity contribution is 6.10. The number of benzene rings is 2. The molecule has 0 spiro atoms. The van der Waals surface area contributed by atoms with Gasteiger partial charge in [-0.15, -0.1) is 0 Å². The second-order valence-electron chi connectivity index (χ2n) is 7.24. The quantitative estimate of drug-likeness (QED) is 0.345. The van der Waals surface area contributed by atoms with Crippen molar-refractivity contribution in [3.63, 3.8) is 0 Å². The Morgan fingerprint density at radius 1 is 0.966 bits per heavy atom. The van der Waals surface area contributed by atoms with Crippen LogP contribution in [0.3, 0.4) is 0 Å². The van der Waals surface area contributed by atoms with E-state index in [4.69, 9.17) is 12.6 Å². The molecule has 3 aromatic heterocycles. The van der Waals surface area contributed by atoms with Gasteiger partial charge >= 0.3 is 0 Å². The third kappa shape index (κ3) is 2.73. The molecule has 0 atom stereocenters. The van der Waals surface area contributed by atoms with Gasteiger partial charge in [-0.25, -0.2) is 9.55 Å². The van der Waals surface area contributed by atoms with Crippen LogP contribution in [0.1, 0.15) is 24.9 Å². The molecule has 0 saturated heterocycles. The van der Waals surface area contributed by atoms with Gasteiger partial charge in [0.15, 0.2) is 11.8 Å². The lowest BCUT2D eigenvalue weighted by molar-refractivity contribution is -0.659. The molecule has 5 aromatic rings. The second kappa shape index (κ2) is 6.56. The van der Waals surface area contributed by atoms with Crippen molar-refractivity contribution in [3.8, 4) is 22.4 Å². The van der Waals surface area contributed by atoms with E-state index in [2.05, 4.69) is 4.98 Å². The van der Waals surface area contributed by atoms with Gasteiger partial charge in [0.1, 0.15) is 7.05 Å². The van der Waals surface area contributed by atoms with Crippen molar-refractivity contribution in [1.29, 1.82) is 0 Å². The molecule has 142 valence electrons. The molecule has 0 radical (unpaired) electrons. The maximum Gasteiger partial charge on any atom is 0.227 e. The van der Waals surface area contributed by atoms with E-state index in [0.29, 0.717) is 44.5 Å². The Kier molecular flexibility index (Phi) is 2.75. The minimum atomic E-state index is -2.37. The van der Waals surface area contributed by atoms with E-state index >= 15 is 0 Å². The van der Waals surface area contributed by atoms with Crippen LogP contribution >= 0.6 is 0 Å². The summed E-state index contributed by atoms with van der Waals surface area (Å²) in [5.41, 5.74) is 4.42. The van der Waals surface area contributed by atoms with Gasteiger partial charge < -0.3 is 4.42 Å². The van der Waals surface area contributed by atoms with Crippen molar-refractivity contribution in [1.82, 2.24) is 4.98 Å². The average Bonchev–Trinajstić information content (AvgIpc) is 3.17. The topological polar surface area (TPSA) is 29.9 Å². The Morgan fingerprint density at radius 3 is 2.59 bits per heavy atom. The van der Waals surface area contributed by atoms with Gasteiger partial charge in [-0.1, -0.05) is 36.4 Å². The molecule has 0 N–H and O–H groups in total. The largest absolute Gasteiger partial charge is 0.437 e. The summed E-state index contributed by atoms with van der Waals surface area (Å²) in [4.78, 5) is 4.29.